The fourth-order valence-corrected chi connectivity index (χ4v) is 3.62. The van der Waals surface area contributed by atoms with Gasteiger partial charge in [-0.1, -0.05) is 23.7 Å². The van der Waals surface area contributed by atoms with Gasteiger partial charge < -0.3 is 10.1 Å². The Bertz CT molecular complexity index is 1280. The van der Waals surface area contributed by atoms with E-state index in [0.29, 0.717) is 5.56 Å². The molecule has 10 heteroatoms. The van der Waals surface area contributed by atoms with E-state index in [2.05, 4.69) is 10.3 Å². The summed E-state index contributed by atoms with van der Waals surface area (Å²) in [5.74, 6) is -0.780. The number of ketones is 1. The van der Waals surface area contributed by atoms with Crippen LogP contribution in [0.3, 0.4) is 0 Å². The van der Waals surface area contributed by atoms with E-state index in [0.717, 1.165) is 31.0 Å². The normalized spacial score (nSPS) is 13.4. The van der Waals surface area contributed by atoms with E-state index in [9.17, 15) is 27.2 Å². The first-order chi connectivity index (χ1) is 16.6. The van der Waals surface area contributed by atoms with Crippen LogP contribution in [-0.4, -0.2) is 16.7 Å². The van der Waals surface area contributed by atoms with Crippen molar-refractivity contribution in [3.63, 3.8) is 0 Å². The van der Waals surface area contributed by atoms with Crippen LogP contribution in [0.5, 0.6) is 11.5 Å². The number of pyridine rings is 1. The molecule has 1 fully saturated rings. The molecule has 1 aromatic heterocycles. The SMILES string of the molecule is O=C(Cc1ccc(Oc2ccnc(NC(=O)C3CC3)c2)c(F)c1)Cc1ccc(Cl)c(C(F)(F)F)c1. The van der Waals surface area contributed by atoms with Gasteiger partial charge in [-0.25, -0.2) is 9.37 Å². The number of nitrogens with one attached hydrogen (secondary N) is 1. The second-order valence-corrected chi connectivity index (χ2v) is 8.62. The number of ether oxygens (including phenoxy) is 1. The highest BCUT2D eigenvalue weighted by Crippen LogP contribution is 2.35. The Morgan fingerprint density at radius 3 is 2.37 bits per heavy atom. The Hall–Kier alpha value is -3.46. The van der Waals surface area contributed by atoms with Gasteiger partial charge in [0.15, 0.2) is 11.6 Å². The van der Waals surface area contributed by atoms with E-state index >= 15 is 0 Å². The van der Waals surface area contributed by atoms with Crippen LogP contribution in [0, 0.1) is 11.7 Å². The Morgan fingerprint density at radius 1 is 1.03 bits per heavy atom. The molecule has 1 N–H and O–H groups in total. The van der Waals surface area contributed by atoms with E-state index in [1.54, 1.807) is 0 Å². The first-order valence-electron chi connectivity index (χ1n) is 10.7. The molecule has 5 nitrogen and oxygen atoms in total. The number of Topliss-reactive ketones (excluding diaryl/α,β-unsaturated/α-hetero) is 1. The molecule has 1 aliphatic carbocycles. The van der Waals surface area contributed by atoms with E-state index in [-0.39, 0.29) is 47.5 Å². The van der Waals surface area contributed by atoms with Crippen LogP contribution in [0.25, 0.3) is 0 Å². The van der Waals surface area contributed by atoms with E-state index in [4.69, 9.17) is 16.3 Å². The zero-order valence-electron chi connectivity index (χ0n) is 18.2. The third-order valence-electron chi connectivity index (χ3n) is 5.29. The number of nitrogens with zero attached hydrogens (tertiary/aromatic N) is 1. The molecule has 0 bridgehead atoms. The lowest BCUT2D eigenvalue weighted by Gasteiger charge is -2.11. The Labute approximate surface area is 203 Å². The largest absolute Gasteiger partial charge is 0.454 e. The van der Waals surface area contributed by atoms with Gasteiger partial charge >= 0.3 is 6.18 Å². The number of anilines is 1. The summed E-state index contributed by atoms with van der Waals surface area (Å²) in [4.78, 5) is 28.3. The molecule has 1 heterocycles. The van der Waals surface area contributed by atoms with Crippen molar-refractivity contribution in [2.24, 2.45) is 5.92 Å². The van der Waals surface area contributed by atoms with Crippen molar-refractivity contribution in [3.8, 4) is 11.5 Å². The minimum atomic E-state index is -4.63. The number of halogens is 5. The predicted octanol–water partition coefficient (Wildman–Crippen LogP) is 6.39. The van der Waals surface area contributed by atoms with Gasteiger partial charge in [0.25, 0.3) is 0 Å². The number of carbonyl (C=O) groups is 2. The monoisotopic (exact) mass is 506 g/mol. The summed E-state index contributed by atoms with van der Waals surface area (Å²) in [6.07, 6.45) is -1.95. The maximum absolute atomic E-state index is 14.6. The summed E-state index contributed by atoms with van der Waals surface area (Å²) in [6, 6.07) is 10.2. The fraction of sp³-hybridized carbons (Fsp3) is 0.240. The number of amides is 1. The van der Waals surface area contributed by atoms with Crippen LogP contribution in [0.2, 0.25) is 5.02 Å². The van der Waals surface area contributed by atoms with Gasteiger partial charge in [-0.15, -0.1) is 0 Å². The number of benzene rings is 2. The smallest absolute Gasteiger partial charge is 0.417 e. The fourth-order valence-electron chi connectivity index (χ4n) is 3.40. The summed E-state index contributed by atoms with van der Waals surface area (Å²) < 4.78 is 59.2. The molecule has 35 heavy (non-hydrogen) atoms. The van der Waals surface area contributed by atoms with E-state index in [1.165, 1.54) is 36.5 Å². The van der Waals surface area contributed by atoms with Gasteiger partial charge in [0.05, 0.1) is 10.6 Å². The number of rotatable bonds is 8. The molecular formula is C25H19ClF4N2O3. The van der Waals surface area contributed by atoms with Crippen molar-refractivity contribution in [3.05, 3.63) is 82.3 Å². The lowest BCUT2D eigenvalue weighted by Crippen LogP contribution is -2.14. The van der Waals surface area contributed by atoms with Crippen molar-refractivity contribution in [2.45, 2.75) is 31.9 Å². The summed E-state index contributed by atoms with van der Waals surface area (Å²) >= 11 is 5.60. The van der Waals surface area contributed by atoms with Crippen LogP contribution in [0.4, 0.5) is 23.4 Å². The van der Waals surface area contributed by atoms with Crippen LogP contribution in [-0.2, 0) is 28.6 Å². The molecule has 0 aliphatic heterocycles. The average Bonchev–Trinajstić information content (AvgIpc) is 3.62. The van der Waals surface area contributed by atoms with Crippen LogP contribution in [0.15, 0.2) is 54.7 Å². The zero-order valence-corrected chi connectivity index (χ0v) is 18.9. The van der Waals surface area contributed by atoms with Crippen molar-refractivity contribution < 1.29 is 31.9 Å². The van der Waals surface area contributed by atoms with Gasteiger partial charge in [-0.05, 0) is 54.3 Å². The van der Waals surface area contributed by atoms with Crippen LogP contribution in [0.1, 0.15) is 29.5 Å². The maximum Gasteiger partial charge on any atom is 0.417 e. The Balaban J connectivity index is 1.39. The highest BCUT2D eigenvalue weighted by atomic mass is 35.5. The average molecular weight is 507 g/mol. The zero-order chi connectivity index (χ0) is 25.2. The predicted molar refractivity (Wildman–Crippen MR) is 121 cm³/mol. The summed E-state index contributed by atoms with van der Waals surface area (Å²) in [5, 5.41) is 2.23. The number of aromatic nitrogens is 1. The van der Waals surface area contributed by atoms with Crippen molar-refractivity contribution in [1.29, 1.82) is 0 Å². The van der Waals surface area contributed by atoms with Crippen molar-refractivity contribution in [2.75, 3.05) is 5.32 Å². The molecule has 0 saturated heterocycles. The molecule has 182 valence electrons. The molecule has 1 aliphatic rings. The molecule has 1 amide bonds. The summed E-state index contributed by atoms with van der Waals surface area (Å²) in [5.41, 5.74) is -0.505. The molecule has 3 aromatic rings. The standard InChI is InChI=1S/C25H19ClF4N2O3/c26-20-5-1-14(11-19(20)25(28,29)30)9-17(33)10-15-2-6-22(21(27)12-15)35-18-7-8-31-23(13-18)32-24(34)16-3-4-16/h1-2,5-8,11-13,16H,3-4,9-10H2,(H,31,32,34). The second-order valence-electron chi connectivity index (χ2n) is 8.21. The molecule has 2 aromatic carbocycles. The first-order valence-corrected chi connectivity index (χ1v) is 11.1. The third-order valence-corrected chi connectivity index (χ3v) is 5.62. The van der Waals surface area contributed by atoms with Gasteiger partial charge in [-0.2, -0.15) is 13.2 Å². The first kappa shape index (κ1) is 24.7. The molecule has 0 unspecified atom stereocenters. The number of hydrogen-bond acceptors (Lipinski definition) is 4. The molecule has 1 saturated carbocycles. The van der Waals surface area contributed by atoms with Gasteiger partial charge in [0.2, 0.25) is 5.91 Å². The van der Waals surface area contributed by atoms with Crippen LogP contribution < -0.4 is 10.1 Å². The summed E-state index contributed by atoms with van der Waals surface area (Å²) in [6.45, 7) is 0. The lowest BCUT2D eigenvalue weighted by atomic mass is 10.0. The highest BCUT2D eigenvalue weighted by molar-refractivity contribution is 6.31. The third kappa shape index (κ3) is 6.57. The van der Waals surface area contributed by atoms with E-state index < -0.39 is 28.4 Å². The maximum atomic E-state index is 14.6. The second kappa shape index (κ2) is 10.0. The Morgan fingerprint density at radius 2 is 1.71 bits per heavy atom. The van der Waals surface area contributed by atoms with Crippen molar-refractivity contribution in [1.82, 2.24) is 4.98 Å². The number of hydrogen-bond donors (Lipinski definition) is 1. The number of alkyl halides is 3. The van der Waals surface area contributed by atoms with Gasteiger partial charge in [-0.3, -0.25) is 9.59 Å². The van der Waals surface area contributed by atoms with Crippen molar-refractivity contribution >= 4 is 29.1 Å². The topological polar surface area (TPSA) is 68.3 Å². The summed E-state index contributed by atoms with van der Waals surface area (Å²) in [7, 11) is 0. The van der Waals surface area contributed by atoms with Gasteiger partial charge in [0.1, 0.15) is 17.4 Å². The van der Waals surface area contributed by atoms with Gasteiger partial charge in [0, 0.05) is 31.0 Å². The van der Waals surface area contributed by atoms with Crippen LogP contribution >= 0.6 is 11.6 Å². The molecule has 0 radical (unpaired) electrons. The highest BCUT2D eigenvalue weighted by Gasteiger charge is 2.33. The molecule has 0 atom stereocenters. The quantitative estimate of drug-likeness (QED) is 0.360. The molecular weight excluding hydrogens is 488 g/mol. The minimum absolute atomic E-state index is 0.000421. The van der Waals surface area contributed by atoms with E-state index in [1.807, 2.05) is 0 Å². The molecule has 0 spiro atoms. The minimum Gasteiger partial charge on any atom is -0.454 e. The Kier molecular flexibility index (Phi) is 7.07. The number of carbonyl (C=O) groups excluding carboxylic acids is 2. The molecule has 4 rings (SSSR count). The lowest BCUT2D eigenvalue weighted by molar-refractivity contribution is -0.137.